The first-order valence-corrected chi connectivity index (χ1v) is 14.5. The van der Waals surface area contributed by atoms with Crippen molar-refractivity contribution < 1.29 is 28.3 Å². The van der Waals surface area contributed by atoms with Crippen LogP contribution < -0.4 is 15.5 Å². The van der Waals surface area contributed by atoms with Crippen molar-refractivity contribution in [2.45, 2.75) is 70.8 Å². The van der Waals surface area contributed by atoms with Gasteiger partial charge in [-0.1, -0.05) is 55.8 Å². The van der Waals surface area contributed by atoms with Crippen LogP contribution in [-0.2, 0) is 40.2 Å². The van der Waals surface area contributed by atoms with E-state index in [1.165, 1.54) is 18.3 Å². The first-order chi connectivity index (χ1) is 21.2. The second kappa shape index (κ2) is 13.4. The highest BCUT2D eigenvalue weighted by Gasteiger charge is 2.44. The highest BCUT2D eigenvalue weighted by Crippen LogP contribution is 2.40. The monoisotopic (exact) mass is 608 g/mol. The number of carbonyl (C=O) groups excluding carboxylic acids is 3. The number of nitrogens with zero attached hydrogens (tertiary/aromatic N) is 5. The van der Waals surface area contributed by atoms with Gasteiger partial charge in [0.05, 0.1) is 24.9 Å². The average Bonchev–Trinajstić information content (AvgIpc) is 3.65. The summed E-state index contributed by atoms with van der Waals surface area (Å²) in [5, 5.41) is 30.9. The van der Waals surface area contributed by atoms with E-state index in [9.17, 15) is 28.3 Å². The van der Waals surface area contributed by atoms with Crippen LogP contribution in [0.25, 0.3) is 0 Å². The summed E-state index contributed by atoms with van der Waals surface area (Å²) in [6.07, 6.45) is 1.47. The van der Waals surface area contributed by atoms with Crippen LogP contribution >= 0.6 is 0 Å². The maximum Gasteiger partial charge on any atom is 0.249 e. The third-order valence-corrected chi connectivity index (χ3v) is 8.33. The number of nitrogens with one attached hydrogen (secondary N) is 3. The predicted octanol–water partition coefficient (Wildman–Crippen LogP) is 1.78. The van der Waals surface area contributed by atoms with Crippen molar-refractivity contribution in [2.24, 2.45) is 16.8 Å². The van der Waals surface area contributed by atoms with Crippen molar-refractivity contribution in [1.82, 2.24) is 31.3 Å². The maximum absolute atomic E-state index is 14.0. The van der Waals surface area contributed by atoms with Crippen molar-refractivity contribution in [3.05, 3.63) is 70.5 Å². The van der Waals surface area contributed by atoms with Gasteiger partial charge in [-0.15, -0.1) is 10.2 Å². The molecule has 2 aliphatic heterocycles. The molecule has 5 atom stereocenters. The van der Waals surface area contributed by atoms with E-state index in [1.54, 1.807) is 4.90 Å². The van der Waals surface area contributed by atoms with Gasteiger partial charge in [0.1, 0.15) is 12.3 Å². The Kier molecular flexibility index (Phi) is 9.37. The van der Waals surface area contributed by atoms with Gasteiger partial charge in [-0.3, -0.25) is 14.4 Å². The van der Waals surface area contributed by atoms with Gasteiger partial charge in [-0.2, -0.15) is 5.21 Å². The smallest absolute Gasteiger partial charge is 0.249 e. The first-order valence-electron chi connectivity index (χ1n) is 14.5. The number of para-hydroxylation sites is 1. The van der Waals surface area contributed by atoms with Crippen molar-refractivity contribution in [3.8, 4) is 0 Å². The minimum atomic E-state index is -1.23. The molecule has 4 N–H and O–H groups in total. The normalized spacial score (nSPS) is 20.6. The fraction of sp³-hybridized carbons (Fsp3) is 0.433. The number of tetrazole rings is 1. The summed E-state index contributed by atoms with van der Waals surface area (Å²) in [6.45, 7) is 3.78. The molecule has 0 spiro atoms. The molecule has 12 nitrogen and oxygen atoms in total. The molecule has 2 aliphatic rings. The largest absolute Gasteiger partial charge is 0.371 e. The molecule has 3 heterocycles. The lowest BCUT2D eigenvalue weighted by Crippen LogP contribution is -2.57. The van der Waals surface area contributed by atoms with Crippen LogP contribution in [-0.4, -0.2) is 68.0 Å². The highest BCUT2D eigenvalue weighted by atomic mass is 19.2. The molecule has 3 amide bonds. The van der Waals surface area contributed by atoms with E-state index in [0.717, 1.165) is 22.9 Å². The molecule has 0 saturated heterocycles. The van der Waals surface area contributed by atoms with E-state index in [4.69, 9.17) is 0 Å². The zero-order valence-corrected chi connectivity index (χ0v) is 24.3. The van der Waals surface area contributed by atoms with Gasteiger partial charge in [0.2, 0.25) is 17.7 Å². The quantitative estimate of drug-likeness (QED) is 0.253. The maximum atomic E-state index is 14.0. The molecule has 0 radical (unpaired) electrons. The fourth-order valence-electron chi connectivity index (χ4n) is 5.75. The van der Waals surface area contributed by atoms with Gasteiger partial charge < -0.3 is 20.6 Å². The third-order valence-electron chi connectivity index (χ3n) is 8.33. The number of aryl methyl sites for hydroxylation is 1. The minimum Gasteiger partial charge on any atom is -0.371 e. The summed E-state index contributed by atoms with van der Waals surface area (Å²) < 4.78 is 27.6. The van der Waals surface area contributed by atoms with Crippen LogP contribution in [0.1, 0.15) is 49.2 Å². The second-order valence-electron chi connectivity index (χ2n) is 11.1. The van der Waals surface area contributed by atoms with E-state index < -0.39 is 54.1 Å². The van der Waals surface area contributed by atoms with Crippen molar-refractivity contribution in [2.75, 3.05) is 4.90 Å². The zero-order valence-electron chi connectivity index (χ0n) is 24.3. The lowest BCUT2D eigenvalue weighted by Gasteiger charge is -2.35. The Bertz CT molecular complexity index is 1550. The number of aliphatic hydroxyl groups is 1. The number of anilines is 1. The molecule has 2 aromatic carbocycles. The Morgan fingerprint density at radius 1 is 1.20 bits per heavy atom. The minimum absolute atomic E-state index is 0.0552. The molecular formula is C30H34F2N8O4. The number of carbonyl (C=O) groups is 3. The van der Waals surface area contributed by atoms with Crippen molar-refractivity contribution in [3.63, 3.8) is 0 Å². The first kappa shape index (κ1) is 30.9. The Morgan fingerprint density at radius 3 is 2.73 bits per heavy atom. The van der Waals surface area contributed by atoms with Gasteiger partial charge in [0, 0.05) is 23.9 Å². The van der Waals surface area contributed by atoms with E-state index in [2.05, 4.69) is 36.3 Å². The SMILES string of the molecule is CCC(C)C(C=NC(=O)Cc1cccc(F)c1F)C(=O)NC1CCc2cccc3c2N(C(C(=O)NCc2nn[nH]n2)C3)C1O. The molecule has 5 rings (SSSR count). The summed E-state index contributed by atoms with van der Waals surface area (Å²) in [7, 11) is 0. The Balaban J connectivity index is 1.31. The number of aliphatic imine (C=N–C) groups is 1. The average molecular weight is 609 g/mol. The molecular weight excluding hydrogens is 574 g/mol. The number of H-pyrrole nitrogens is 1. The van der Waals surface area contributed by atoms with Crippen molar-refractivity contribution in [1.29, 1.82) is 0 Å². The van der Waals surface area contributed by atoms with E-state index in [0.29, 0.717) is 31.5 Å². The summed E-state index contributed by atoms with van der Waals surface area (Å²) in [5.41, 5.74) is 2.54. The third kappa shape index (κ3) is 6.49. The van der Waals surface area contributed by atoms with Gasteiger partial charge >= 0.3 is 0 Å². The number of rotatable bonds is 10. The Morgan fingerprint density at radius 2 is 1.98 bits per heavy atom. The lowest BCUT2D eigenvalue weighted by molar-refractivity contribution is -0.125. The molecule has 232 valence electrons. The molecule has 14 heteroatoms. The van der Waals surface area contributed by atoms with Gasteiger partial charge in [-0.25, -0.2) is 13.8 Å². The topological polar surface area (TPSA) is 166 Å². The van der Waals surface area contributed by atoms with Crippen LogP contribution in [0, 0.1) is 23.5 Å². The zero-order chi connectivity index (χ0) is 31.4. The molecule has 0 aliphatic carbocycles. The predicted molar refractivity (Wildman–Crippen MR) is 155 cm³/mol. The standard InChI is InChI=1S/C30H34F2N8O4/c1-3-16(2)20(14-33-25(41)13-18-7-5-9-21(31)26(18)32)28(42)35-22-11-10-17-6-4-8-19-12-23(40(27(17)19)30(22)44)29(43)34-15-24-36-38-39-37-24/h4-9,14,16,20,22-23,30,44H,3,10-13,15H2,1-2H3,(H,34,43)(H,35,42)(H,36,37,38,39). The number of aromatic nitrogens is 4. The number of aromatic amines is 1. The fourth-order valence-corrected chi connectivity index (χ4v) is 5.75. The van der Waals surface area contributed by atoms with Crippen molar-refractivity contribution >= 4 is 29.6 Å². The van der Waals surface area contributed by atoms with E-state index in [-0.39, 0.29) is 23.9 Å². The molecule has 0 bridgehead atoms. The Labute approximate surface area is 252 Å². The number of amides is 3. The lowest BCUT2D eigenvalue weighted by atomic mass is 9.91. The van der Waals surface area contributed by atoms with E-state index in [1.807, 2.05) is 32.0 Å². The van der Waals surface area contributed by atoms with Crippen LogP contribution in [0.3, 0.4) is 0 Å². The van der Waals surface area contributed by atoms with Gasteiger partial charge in [-0.05, 0) is 36.0 Å². The Hall–Kier alpha value is -4.59. The molecule has 0 saturated carbocycles. The van der Waals surface area contributed by atoms with Crippen LogP contribution in [0.4, 0.5) is 14.5 Å². The molecule has 3 aromatic rings. The summed E-state index contributed by atoms with van der Waals surface area (Å²) in [4.78, 5) is 45.0. The number of halogens is 2. The molecule has 44 heavy (non-hydrogen) atoms. The number of hydrogen-bond donors (Lipinski definition) is 4. The van der Waals surface area contributed by atoms with Crippen LogP contribution in [0.15, 0.2) is 41.4 Å². The van der Waals surface area contributed by atoms with E-state index >= 15 is 0 Å². The molecule has 5 unspecified atom stereocenters. The highest BCUT2D eigenvalue weighted by molar-refractivity contribution is 5.98. The number of benzene rings is 2. The number of aliphatic hydroxyl groups excluding tert-OH is 1. The van der Waals surface area contributed by atoms with Crippen LogP contribution in [0.2, 0.25) is 0 Å². The summed E-state index contributed by atoms with van der Waals surface area (Å²) in [5.74, 6) is -4.41. The summed E-state index contributed by atoms with van der Waals surface area (Å²) in [6, 6.07) is 7.88. The summed E-state index contributed by atoms with van der Waals surface area (Å²) >= 11 is 0. The van der Waals surface area contributed by atoms with Gasteiger partial charge in [0.15, 0.2) is 17.5 Å². The molecule has 0 fully saturated rings. The number of hydrogen-bond acceptors (Lipinski definition) is 8. The molecule has 1 aromatic heterocycles. The van der Waals surface area contributed by atoms with Gasteiger partial charge in [0.25, 0.3) is 0 Å². The van der Waals surface area contributed by atoms with Crippen LogP contribution in [0.5, 0.6) is 0 Å². The second-order valence-corrected chi connectivity index (χ2v) is 11.1.